The van der Waals surface area contributed by atoms with E-state index in [2.05, 4.69) is 4.18 Å². The number of hydrogen-bond donors (Lipinski definition) is 0. The second kappa shape index (κ2) is 6.10. The summed E-state index contributed by atoms with van der Waals surface area (Å²) < 4.78 is 175. The van der Waals surface area contributed by atoms with E-state index in [0.29, 0.717) is 0 Å². The lowest BCUT2D eigenvalue weighted by atomic mass is 9.95. The smallest absolute Gasteiger partial charge is 0.264 e. The van der Waals surface area contributed by atoms with Crippen molar-refractivity contribution in [2.45, 2.75) is 36.0 Å². The molecule has 0 aromatic rings. The van der Waals surface area contributed by atoms with Crippen LogP contribution >= 0.6 is 0 Å². The van der Waals surface area contributed by atoms with Crippen molar-refractivity contribution in [2.24, 2.45) is 0 Å². The molecule has 0 fully saturated rings. The third-order valence-corrected chi connectivity index (χ3v) is 2.94. The lowest BCUT2D eigenvalue weighted by molar-refractivity contribution is -0.414. The molecule has 24 heavy (non-hydrogen) atoms. The molecule has 0 N–H and O–H groups in total. The van der Waals surface area contributed by atoms with E-state index >= 15 is 0 Å². The Balaban J connectivity index is 5.98. The Kier molecular flexibility index (Phi) is 5.87. The molecule has 0 aromatic heterocycles. The number of alkyl halides is 12. The van der Waals surface area contributed by atoms with Crippen LogP contribution in [0, 0.1) is 0 Å². The van der Waals surface area contributed by atoms with Gasteiger partial charge in [-0.15, -0.1) is 0 Å². The van der Waals surface area contributed by atoms with Gasteiger partial charge in [0.25, 0.3) is 10.1 Å². The Labute approximate surface area is 125 Å². The maximum Gasteiger partial charge on any atom is 0.384 e. The third-order valence-electron chi connectivity index (χ3n) is 2.40. The summed E-state index contributed by atoms with van der Waals surface area (Å²) in [4.78, 5) is 0. The predicted molar refractivity (Wildman–Crippen MR) is 51.5 cm³/mol. The van der Waals surface area contributed by atoms with Crippen molar-refractivity contribution in [2.75, 3.05) is 12.9 Å². The molecule has 3 nitrogen and oxygen atoms in total. The van der Waals surface area contributed by atoms with Crippen molar-refractivity contribution in [1.82, 2.24) is 0 Å². The maximum absolute atomic E-state index is 13.0. The molecule has 0 aliphatic heterocycles. The van der Waals surface area contributed by atoms with E-state index in [-0.39, 0.29) is 6.26 Å². The summed E-state index contributed by atoms with van der Waals surface area (Å²) in [6, 6.07) is 0. The van der Waals surface area contributed by atoms with Crippen molar-refractivity contribution in [3.63, 3.8) is 0 Å². The van der Waals surface area contributed by atoms with Crippen LogP contribution in [-0.4, -0.2) is 57.3 Å². The molecule has 0 saturated heterocycles. The molecule has 0 amide bonds. The molecule has 146 valence electrons. The molecule has 0 saturated carbocycles. The Bertz CT molecular complexity index is 555. The van der Waals surface area contributed by atoms with Crippen LogP contribution in [0.5, 0.6) is 0 Å². The summed E-state index contributed by atoms with van der Waals surface area (Å²) in [5.41, 5.74) is 0. The molecule has 0 aliphatic carbocycles. The van der Waals surface area contributed by atoms with Gasteiger partial charge in [0.2, 0.25) is 0 Å². The topological polar surface area (TPSA) is 43.4 Å². The molecular formula is C8H6F12O3S. The van der Waals surface area contributed by atoms with E-state index < -0.39 is 52.8 Å². The van der Waals surface area contributed by atoms with Gasteiger partial charge in [0.15, 0.2) is 0 Å². The molecule has 0 atom stereocenters. The van der Waals surface area contributed by atoms with Crippen LogP contribution in [0.2, 0.25) is 0 Å². The first-order valence-corrected chi connectivity index (χ1v) is 6.98. The number of halogens is 12. The van der Waals surface area contributed by atoms with Crippen LogP contribution in [-0.2, 0) is 14.3 Å². The van der Waals surface area contributed by atoms with Crippen LogP contribution in [0.4, 0.5) is 52.7 Å². The molecule has 0 aliphatic rings. The Morgan fingerprint density at radius 2 is 1.17 bits per heavy atom. The van der Waals surface area contributed by atoms with Gasteiger partial charge in [0, 0.05) is 0 Å². The molecule has 0 unspecified atom stereocenters. The fraction of sp³-hybridized carbons (Fsp3) is 1.00. The van der Waals surface area contributed by atoms with Gasteiger partial charge in [-0.05, 0) is 0 Å². The van der Waals surface area contributed by atoms with Crippen molar-refractivity contribution in [3.05, 3.63) is 0 Å². The van der Waals surface area contributed by atoms with E-state index in [4.69, 9.17) is 0 Å². The van der Waals surface area contributed by atoms with Gasteiger partial charge >= 0.3 is 36.0 Å². The minimum atomic E-state index is -7.70. The number of rotatable bonds is 8. The second-order valence-electron chi connectivity index (χ2n) is 4.32. The average Bonchev–Trinajstić information content (AvgIpc) is 2.34. The zero-order valence-electron chi connectivity index (χ0n) is 11.0. The summed E-state index contributed by atoms with van der Waals surface area (Å²) in [5.74, 6) is -36.3. The van der Waals surface area contributed by atoms with Crippen LogP contribution < -0.4 is 0 Å². The van der Waals surface area contributed by atoms with Crippen molar-refractivity contribution in [3.8, 4) is 0 Å². The zero-order chi connectivity index (χ0) is 20.0. The molecule has 0 heterocycles. The van der Waals surface area contributed by atoms with Crippen molar-refractivity contribution < 1.29 is 65.3 Å². The number of hydrogen-bond acceptors (Lipinski definition) is 3. The average molecular weight is 410 g/mol. The van der Waals surface area contributed by atoms with Crippen LogP contribution in [0.15, 0.2) is 0 Å². The Hall–Kier alpha value is -0.930. The highest BCUT2D eigenvalue weighted by Crippen LogP contribution is 2.58. The lowest BCUT2D eigenvalue weighted by Crippen LogP contribution is -2.69. The molecule has 0 spiro atoms. The standard InChI is InChI=1S/C8H6F12O3S/c1-24(21,22)23-2-4(11,12)6(15,16)8(19,20)7(17,18)5(13,14)3(9)10/h3H,2H2,1H3. The third kappa shape index (κ3) is 3.67. The molecule has 0 aromatic carbocycles. The summed E-state index contributed by atoms with van der Waals surface area (Å²) >= 11 is 0. The van der Waals surface area contributed by atoms with Gasteiger partial charge in [-0.25, -0.2) is 8.78 Å². The highest BCUT2D eigenvalue weighted by atomic mass is 32.2. The maximum atomic E-state index is 13.0. The summed E-state index contributed by atoms with van der Waals surface area (Å²) in [5, 5.41) is 0. The summed E-state index contributed by atoms with van der Waals surface area (Å²) in [6.45, 7) is -3.13. The predicted octanol–water partition coefficient (Wildman–Crippen LogP) is 3.40. The van der Waals surface area contributed by atoms with Crippen molar-refractivity contribution in [1.29, 1.82) is 0 Å². The quantitative estimate of drug-likeness (QED) is 0.455. The van der Waals surface area contributed by atoms with Gasteiger partial charge in [0.1, 0.15) is 6.61 Å². The lowest BCUT2D eigenvalue weighted by Gasteiger charge is -2.38. The molecule has 0 rings (SSSR count). The fourth-order valence-corrected chi connectivity index (χ4v) is 1.41. The molecular weight excluding hydrogens is 404 g/mol. The SMILES string of the molecule is CS(=O)(=O)OCC(F)(F)C(F)(F)C(F)(F)C(F)(F)C(F)(F)C(F)F. The fourth-order valence-electron chi connectivity index (χ4n) is 1.04. The van der Waals surface area contributed by atoms with Gasteiger partial charge in [-0.2, -0.15) is 52.3 Å². The van der Waals surface area contributed by atoms with E-state index in [1.54, 1.807) is 0 Å². The normalized spacial score (nSPS) is 15.9. The van der Waals surface area contributed by atoms with Crippen LogP contribution in [0.3, 0.4) is 0 Å². The molecule has 0 radical (unpaired) electrons. The first kappa shape index (κ1) is 23.1. The monoisotopic (exact) mass is 410 g/mol. The van der Waals surface area contributed by atoms with E-state index in [9.17, 15) is 61.1 Å². The first-order chi connectivity index (χ1) is 10.2. The molecule has 0 bridgehead atoms. The highest BCUT2D eigenvalue weighted by Gasteiger charge is 2.87. The van der Waals surface area contributed by atoms with Crippen LogP contribution in [0.25, 0.3) is 0 Å². The van der Waals surface area contributed by atoms with Gasteiger partial charge < -0.3 is 0 Å². The van der Waals surface area contributed by atoms with Gasteiger partial charge in [0.05, 0.1) is 6.26 Å². The van der Waals surface area contributed by atoms with E-state index in [0.717, 1.165) is 0 Å². The minimum absolute atomic E-state index is 0.0150. The zero-order valence-corrected chi connectivity index (χ0v) is 11.8. The molecule has 16 heteroatoms. The summed E-state index contributed by atoms with van der Waals surface area (Å²) in [7, 11) is -4.95. The first-order valence-electron chi connectivity index (χ1n) is 5.17. The van der Waals surface area contributed by atoms with E-state index in [1.165, 1.54) is 0 Å². The largest absolute Gasteiger partial charge is 0.384 e. The van der Waals surface area contributed by atoms with E-state index in [1.807, 2.05) is 0 Å². The van der Waals surface area contributed by atoms with Gasteiger partial charge in [-0.1, -0.05) is 0 Å². The second-order valence-corrected chi connectivity index (χ2v) is 5.96. The minimum Gasteiger partial charge on any atom is -0.264 e. The highest BCUT2D eigenvalue weighted by molar-refractivity contribution is 7.85. The van der Waals surface area contributed by atoms with Crippen molar-refractivity contribution >= 4 is 10.1 Å². The Morgan fingerprint density at radius 1 is 0.792 bits per heavy atom. The Morgan fingerprint density at radius 3 is 1.46 bits per heavy atom. The van der Waals surface area contributed by atoms with Gasteiger partial charge in [-0.3, -0.25) is 4.18 Å². The summed E-state index contributed by atoms with van der Waals surface area (Å²) in [6.07, 6.45) is -5.62. The van der Waals surface area contributed by atoms with Crippen LogP contribution in [0.1, 0.15) is 0 Å².